The second-order valence-corrected chi connectivity index (χ2v) is 5.65. The lowest BCUT2D eigenvalue weighted by Crippen LogP contribution is -1.98. The molecule has 2 aromatic carbocycles. The molecule has 0 amide bonds. The number of aromatic amines is 1. The molecule has 5 nitrogen and oxygen atoms in total. The van der Waals surface area contributed by atoms with E-state index < -0.39 is 11.6 Å². The molecule has 130 valence electrons. The number of hydrogen-bond donors (Lipinski definition) is 2. The molecular formula is C19H14F2N4O. The first-order chi connectivity index (χ1) is 12.6. The zero-order chi connectivity index (χ0) is 18.1. The summed E-state index contributed by atoms with van der Waals surface area (Å²) in [5, 5.41) is 11.3. The van der Waals surface area contributed by atoms with Crippen molar-refractivity contribution in [2.75, 3.05) is 12.4 Å². The molecular weight excluding hydrogens is 338 g/mol. The molecule has 0 fully saturated rings. The molecule has 4 rings (SSSR count). The van der Waals surface area contributed by atoms with Gasteiger partial charge in [-0.15, -0.1) is 0 Å². The number of pyridine rings is 1. The number of rotatable bonds is 4. The van der Waals surface area contributed by atoms with Crippen LogP contribution in [-0.4, -0.2) is 22.3 Å². The largest absolute Gasteiger partial charge is 0.497 e. The van der Waals surface area contributed by atoms with Crippen LogP contribution >= 0.6 is 0 Å². The van der Waals surface area contributed by atoms with Crippen molar-refractivity contribution in [2.45, 2.75) is 0 Å². The zero-order valence-electron chi connectivity index (χ0n) is 13.8. The predicted molar refractivity (Wildman–Crippen MR) is 95.5 cm³/mol. The van der Waals surface area contributed by atoms with Crippen LogP contribution in [0.25, 0.3) is 22.0 Å². The van der Waals surface area contributed by atoms with Crippen molar-refractivity contribution in [2.24, 2.45) is 0 Å². The van der Waals surface area contributed by atoms with Crippen LogP contribution in [0.3, 0.4) is 0 Å². The SMILES string of the molecule is COc1ccc2c(-c3ccc(F)cc3F)nc(Nc3cc[nH]n3)cc2c1. The van der Waals surface area contributed by atoms with Crippen molar-refractivity contribution >= 4 is 22.4 Å². The summed E-state index contributed by atoms with van der Waals surface area (Å²) in [6.07, 6.45) is 1.67. The number of benzene rings is 2. The number of methoxy groups -OCH3 is 1. The molecule has 0 spiro atoms. The Morgan fingerprint density at radius 3 is 2.62 bits per heavy atom. The fraction of sp³-hybridized carbons (Fsp3) is 0.0526. The van der Waals surface area contributed by atoms with E-state index in [0.29, 0.717) is 23.1 Å². The fourth-order valence-electron chi connectivity index (χ4n) is 2.78. The standard InChI is InChI=1S/C19H14F2N4O/c1-26-13-3-5-14-11(8-13)9-18(23-17-6-7-22-25-17)24-19(14)15-4-2-12(20)10-16(15)21/h2-10H,1H3,(H2,22,23,24,25). The summed E-state index contributed by atoms with van der Waals surface area (Å²) in [4.78, 5) is 4.52. The van der Waals surface area contributed by atoms with Crippen LogP contribution in [0.15, 0.2) is 54.7 Å². The van der Waals surface area contributed by atoms with E-state index in [2.05, 4.69) is 20.5 Å². The maximum absolute atomic E-state index is 14.4. The van der Waals surface area contributed by atoms with Crippen LogP contribution < -0.4 is 10.1 Å². The number of hydrogen-bond acceptors (Lipinski definition) is 4. The number of halogens is 2. The Bertz CT molecular complexity index is 1080. The van der Waals surface area contributed by atoms with E-state index in [0.717, 1.165) is 16.8 Å². The van der Waals surface area contributed by atoms with Crippen LogP contribution in [0.4, 0.5) is 20.4 Å². The highest BCUT2D eigenvalue weighted by atomic mass is 19.1. The van der Waals surface area contributed by atoms with Crippen molar-refractivity contribution in [3.63, 3.8) is 0 Å². The summed E-state index contributed by atoms with van der Waals surface area (Å²) in [5.74, 6) is 0.413. The Morgan fingerprint density at radius 2 is 1.88 bits per heavy atom. The number of nitrogens with one attached hydrogen (secondary N) is 2. The third kappa shape index (κ3) is 2.95. The summed E-state index contributed by atoms with van der Waals surface area (Å²) >= 11 is 0. The Hall–Kier alpha value is -3.48. The molecule has 0 aliphatic heterocycles. The number of anilines is 2. The topological polar surface area (TPSA) is 62.8 Å². The van der Waals surface area contributed by atoms with Gasteiger partial charge in [-0.3, -0.25) is 5.10 Å². The van der Waals surface area contributed by atoms with Crippen LogP contribution in [0.1, 0.15) is 0 Å². The Kier molecular flexibility index (Phi) is 3.96. The van der Waals surface area contributed by atoms with E-state index in [9.17, 15) is 8.78 Å². The molecule has 26 heavy (non-hydrogen) atoms. The number of H-pyrrole nitrogens is 1. The van der Waals surface area contributed by atoms with Gasteiger partial charge in [0.05, 0.1) is 12.8 Å². The number of nitrogens with zero attached hydrogens (tertiary/aromatic N) is 2. The molecule has 0 radical (unpaired) electrons. The lowest BCUT2D eigenvalue weighted by Gasteiger charge is -2.12. The van der Waals surface area contributed by atoms with Crippen molar-refractivity contribution in [3.05, 3.63) is 66.4 Å². The van der Waals surface area contributed by atoms with Gasteiger partial charge in [-0.05, 0) is 41.8 Å². The van der Waals surface area contributed by atoms with Gasteiger partial charge in [0.25, 0.3) is 0 Å². The number of fused-ring (bicyclic) bond motifs is 1. The van der Waals surface area contributed by atoms with Crippen LogP contribution in [0, 0.1) is 11.6 Å². The molecule has 2 N–H and O–H groups in total. The minimum absolute atomic E-state index is 0.215. The Morgan fingerprint density at radius 1 is 1.00 bits per heavy atom. The summed E-state index contributed by atoms with van der Waals surface area (Å²) in [7, 11) is 1.58. The highest BCUT2D eigenvalue weighted by Crippen LogP contribution is 2.33. The van der Waals surface area contributed by atoms with Crippen molar-refractivity contribution in [1.82, 2.24) is 15.2 Å². The maximum Gasteiger partial charge on any atom is 0.153 e. The van der Waals surface area contributed by atoms with Gasteiger partial charge < -0.3 is 10.1 Å². The van der Waals surface area contributed by atoms with Gasteiger partial charge in [-0.1, -0.05) is 0 Å². The second-order valence-electron chi connectivity index (χ2n) is 5.65. The average Bonchev–Trinajstić information content (AvgIpc) is 3.13. The van der Waals surface area contributed by atoms with Gasteiger partial charge in [0, 0.05) is 29.3 Å². The third-order valence-corrected chi connectivity index (χ3v) is 3.98. The maximum atomic E-state index is 14.4. The first kappa shape index (κ1) is 16.0. The van der Waals surface area contributed by atoms with E-state index >= 15 is 0 Å². The van der Waals surface area contributed by atoms with Gasteiger partial charge in [-0.25, -0.2) is 13.8 Å². The molecule has 7 heteroatoms. The molecule has 0 saturated heterocycles. The predicted octanol–water partition coefficient (Wildman–Crippen LogP) is 4.66. The molecule has 0 aliphatic rings. The van der Waals surface area contributed by atoms with Gasteiger partial charge in [0.15, 0.2) is 5.82 Å². The fourth-order valence-corrected chi connectivity index (χ4v) is 2.78. The summed E-state index contributed by atoms with van der Waals surface area (Å²) in [5.41, 5.74) is 0.618. The van der Waals surface area contributed by atoms with Crippen molar-refractivity contribution < 1.29 is 13.5 Å². The van der Waals surface area contributed by atoms with E-state index in [1.807, 2.05) is 12.1 Å². The van der Waals surface area contributed by atoms with E-state index in [4.69, 9.17) is 4.74 Å². The highest BCUT2D eigenvalue weighted by molar-refractivity contribution is 5.97. The van der Waals surface area contributed by atoms with Gasteiger partial charge in [0.2, 0.25) is 0 Å². The van der Waals surface area contributed by atoms with E-state index in [-0.39, 0.29) is 5.56 Å². The third-order valence-electron chi connectivity index (χ3n) is 3.98. The van der Waals surface area contributed by atoms with E-state index in [1.165, 1.54) is 12.1 Å². The minimum Gasteiger partial charge on any atom is -0.497 e. The smallest absolute Gasteiger partial charge is 0.153 e. The molecule has 0 aliphatic carbocycles. The van der Waals surface area contributed by atoms with Crippen LogP contribution in [0.5, 0.6) is 5.75 Å². The molecule has 2 heterocycles. The van der Waals surface area contributed by atoms with Crippen LogP contribution in [-0.2, 0) is 0 Å². The molecule has 0 saturated carbocycles. The molecule has 0 atom stereocenters. The molecule has 2 aromatic heterocycles. The monoisotopic (exact) mass is 352 g/mol. The average molecular weight is 352 g/mol. The Balaban J connectivity index is 1.93. The summed E-state index contributed by atoms with van der Waals surface area (Å²) in [6.45, 7) is 0. The second kappa shape index (κ2) is 6.44. The molecule has 4 aromatic rings. The number of aromatic nitrogens is 3. The van der Waals surface area contributed by atoms with Gasteiger partial charge in [-0.2, -0.15) is 5.10 Å². The lowest BCUT2D eigenvalue weighted by atomic mass is 10.0. The first-order valence-electron chi connectivity index (χ1n) is 7.85. The van der Waals surface area contributed by atoms with Crippen molar-refractivity contribution in [1.29, 1.82) is 0 Å². The Labute approximate surface area is 147 Å². The van der Waals surface area contributed by atoms with Gasteiger partial charge in [0.1, 0.15) is 23.2 Å². The van der Waals surface area contributed by atoms with Crippen LogP contribution in [0.2, 0.25) is 0 Å². The lowest BCUT2D eigenvalue weighted by molar-refractivity contribution is 0.415. The quantitative estimate of drug-likeness (QED) is 0.561. The zero-order valence-corrected chi connectivity index (χ0v) is 13.8. The molecule has 0 bridgehead atoms. The van der Waals surface area contributed by atoms with E-state index in [1.54, 1.807) is 31.5 Å². The van der Waals surface area contributed by atoms with Crippen molar-refractivity contribution in [3.8, 4) is 17.0 Å². The minimum atomic E-state index is -0.675. The summed E-state index contributed by atoms with van der Waals surface area (Å²) < 4.78 is 33.0. The summed E-state index contributed by atoms with van der Waals surface area (Å²) in [6, 6.07) is 12.4. The first-order valence-corrected chi connectivity index (χ1v) is 7.85. The normalized spacial score (nSPS) is 10.9. The number of ether oxygens (including phenoxy) is 1. The highest BCUT2D eigenvalue weighted by Gasteiger charge is 2.14. The van der Waals surface area contributed by atoms with Gasteiger partial charge >= 0.3 is 0 Å². The molecule has 0 unspecified atom stereocenters.